The monoisotopic (exact) mass is 617 g/mol. The van der Waals surface area contributed by atoms with Gasteiger partial charge in [-0.2, -0.15) is 4.31 Å². The lowest BCUT2D eigenvalue weighted by atomic mass is 9.89. The lowest BCUT2D eigenvalue weighted by Gasteiger charge is -2.39. The molecule has 2 aromatic rings. The number of carbonyl (C=O) groups is 2. The molecule has 0 aromatic heterocycles. The molecule has 0 bridgehead atoms. The molecule has 0 spiro atoms. The molecule has 12 heteroatoms. The Bertz CT molecular complexity index is 1330. The van der Waals surface area contributed by atoms with E-state index >= 15 is 0 Å². The highest BCUT2D eigenvalue weighted by Crippen LogP contribution is 2.31. The largest absolute Gasteiger partial charge is 0.497 e. The van der Waals surface area contributed by atoms with Crippen LogP contribution in [0.4, 0.5) is 4.79 Å². The zero-order valence-corrected chi connectivity index (χ0v) is 26.2. The van der Waals surface area contributed by atoms with Gasteiger partial charge in [0.1, 0.15) is 17.4 Å². The van der Waals surface area contributed by atoms with Gasteiger partial charge in [-0.15, -0.1) is 0 Å². The van der Waals surface area contributed by atoms with Crippen LogP contribution in [0.15, 0.2) is 53.4 Å². The van der Waals surface area contributed by atoms with Crippen molar-refractivity contribution in [3.8, 4) is 16.9 Å². The van der Waals surface area contributed by atoms with E-state index in [-0.39, 0.29) is 24.5 Å². The van der Waals surface area contributed by atoms with Crippen LogP contribution in [0.25, 0.3) is 11.1 Å². The highest BCUT2D eigenvalue weighted by Gasteiger charge is 2.43. The Hall–Kier alpha value is -3.19. The highest BCUT2D eigenvalue weighted by molar-refractivity contribution is 7.89. The Morgan fingerprint density at radius 1 is 0.977 bits per heavy atom. The molecule has 0 aliphatic carbocycles. The Morgan fingerprint density at radius 3 is 2.05 bits per heavy atom. The quantitative estimate of drug-likeness (QED) is 0.424. The lowest BCUT2D eigenvalue weighted by Crippen LogP contribution is -2.54. The average molecular weight is 618 g/mol. The molecule has 2 aliphatic heterocycles. The molecule has 2 fully saturated rings. The van der Waals surface area contributed by atoms with Gasteiger partial charge in [0.05, 0.1) is 25.2 Å². The summed E-state index contributed by atoms with van der Waals surface area (Å²) in [6.07, 6.45) is 0.235. The van der Waals surface area contributed by atoms with Crippen LogP contribution in [0.5, 0.6) is 5.75 Å². The van der Waals surface area contributed by atoms with E-state index in [9.17, 15) is 23.1 Å². The second-order valence-corrected chi connectivity index (χ2v) is 13.8. The van der Waals surface area contributed by atoms with Crippen LogP contribution in [0.3, 0.4) is 0 Å². The van der Waals surface area contributed by atoms with Gasteiger partial charge in [0.15, 0.2) is 0 Å². The maximum atomic E-state index is 14.2. The number of benzene rings is 2. The summed E-state index contributed by atoms with van der Waals surface area (Å²) in [5, 5.41) is 10.5. The molecule has 0 radical (unpaired) electrons. The first-order valence-electron chi connectivity index (χ1n) is 14.7. The van der Waals surface area contributed by atoms with E-state index in [0.29, 0.717) is 45.7 Å². The first kappa shape index (κ1) is 32.7. The second kappa shape index (κ2) is 14.1. The number of piperidine rings is 1. The molecule has 1 atom stereocenters. The molecule has 2 aromatic carbocycles. The maximum Gasteiger partial charge on any atom is 0.410 e. The molecule has 2 heterocycles. The van der Waals surface area contributed by atoms with E-state index in [1.807, 2.05) is 24.3 Å². The number of nitrogens with zero attached hydrogens (tertiary/aromatic N) is 3. The van der Waals surface area contributed by atoms with Gasteiger partial charge in [-0.25, -0.2) is 13.2 Å². The fourth-order valence-electron chi connectivity index (χ4n) is 5.50. The molecule has 1 unspecified atom stereocenters. The van der Waals surface area contributed by atoms with E-state index in [2.05, 4.69) is 4.90 Å². The third-order valence-corrected chi connectivity index (χ3v) is 9.72. The third kappa shape index (κ3) is 8.47. The summed E-state index contributed by atoms with van der Waals surface area (Å²) in [4.78, 5) is 29.1. The van der Waals surface area contributed by atoms with Crippen molar-refractivity contribution in [1.29, 1.82) is 0 Å². The molecule has 1 N–H and O–H groups in total. The minimum Gasteiger partial charge on any atom is -0.497 e. The predicted octanol–water partition coefficient (Wildman–Crippen LogP) is 3.79. The molecule has 11 nitrogen and oxygen atoms in total. The van der Waals surface area contributed by atoms with Crippen molar-refractivity contribution in [2.75, 3.05) is 59.6 Å². The van der Waals surface area contributed by atoms with Crippen molar-refractivity contribution in [3.05, 3.63) is 48.5 Å². The molecule has 2 aliphatic rings. The van der Waals surface area contributed by atoms with Crippen LogP contribution in [0.2, 0.25) is 0 Å². The SMILES string of the molecule is COc1ccc(-c2ccc(S(=O)(=O)N(CCN3CCOCC3)C(C(=O)O)C3CCN(C(=O)OC(C)(C)C)CC3)cc2)cc1. The van der Waals surface area contributed by atoms with Gasteiger partial charge < -0.3 is 24.2 Å². The van der Waals surface area contributed by atoms with E-state index in [1.54, 1.807) is 44.9 Å². The molecule has 4 rings (SSSR count). The Morgan fingerprint density at radius 2 is 1.53 bits per heavy atom. The van der Waals surface area contributed by atoms with Crippen molar-refractivity contribution in [1.82, 2.24) is 14.1 Å². The molecule has 0 saturated carbocycles. The number of hydrogen-bond donors (Lipinski definition) is 1. The summed E-state index contributed by atoms with van der Waals surface area (Å²) in [5.41, 5.74) is 1.07. The molecule has 2 saturated heterocycles. The van der Waals surface area contributed by atoms with Crippen molar-refractivity contribution in [3.63, 3.8) is 0 Å². The van der Waals surface area contributed by atoms with Crippen molar-refractivity contribution in [2.24, 2.45) is 5.92 Å². The van der Waals surface area contributed by atoms with Gasteiger partial charge in [-0.1, -0.05) is 24.3 Å². The number of likely N-dealkylation sites (tertiary alicyclic amines) is 1. The zero-order chi connectivity index (χ0) is 31.2. The third-order valence-electron chi connectivity index (χ3n) is 7.83. The second-order valence-electron chi connectivity index (χ2n) is 11.9. The normalized spacial score (nSPS) is 17.9. The Balaban J connectivity index is 1.58. The minimum absolute atomic E-state index is 0.0197. The number of amides is 1. The van der Waals surface area contributed by atoms with Gasteiger partial charge in [0, 0.05) is 39.3 Å². The summed E-state index contributed by atoms with van der Waals surface area (Å²) in [5.74, 6) is -0.958. The van der Waals surface area contributed by atoms with Crippen LogP contribution in [-0.4, -0.2) is 111 Å². The van der Waals surface area contributed by atoms with E-state index in [1.165, 1.54) is 12.1 Å². The van der Waals surface area contributed by atoms with Gasteiger partial charge in [0.25, 0.3) is 0 Å². The van der Waals surface area contributed by atoms with Crippen LogP contribution in [-0.2, 0) is 24.3 Å². The smallest absolute Gasteiger partial charge is 0.410 e. The number of carbonyl (C=O) groups excluding carboxylic acids is 1. The first-order chi connectivity index (χ1) is 20.4. The number of aliphatic carboxylic acids is 1. The van der Waals surface area contributed by atoms with E-state index in [0.717, 1.165) is 21.2 Å². The summed E-state index contributed by atoms with van der Waals surface area (Å²) >= 11 is 0. The fourth-order valence-corrected chi connectivity index (χ4v) is 7.13. The summed E-state index contributed by atoms with van der Waals surface area (Å²) < 4.78 is 45.6. The van der Waals surface area contributed by atoms with E-state index < -0.39 is 39.6 Å². The molecule has 43 heavy (non-hydrogen) atoms. The zero-order valence-electron chi connectivity index (χ0n) is 25.4. The van der Waals surface area contributed by atoms with Crippen molar-refractivity contribution < 1.29 is 37.3 Å². The number of ether oxygens (including phenoxy) is 3. The minimum atomic E-state index is -4.19. The number of morpholine rings is 1. The van der Waals surface area contributed by atoms with Crippen LogP contribution < -0.4 is 4.74 Å². The molecular formula is C31H43N3O8S. The summed E-state index contributed by atoms with van der Waals surface area (Å²) in [6, 6.07) is 12.7. The molecular weight excluding hydrogens is 574 g/mol. The average Bonchev–Trinajstić information content (AvgIpc) is 2.99. The van der Waals surface area contributed by atoms with Gasteiger partial charge in [-0.05, 0) is 74.9 Å². The Kier molecular flexibility index (Phi) is 10.7. The molecule has 236 valence electrons. The van der Waals surface area contributed by atoms with Crippen LogP contribution >= 0.6 is 0 Å². The van der Waals surface area contributed by atoms with Gasteiger partial charge in [-0.3, -0.25) is 9.69 Å². The number of sulfonamides is 1. The molecule has 1 amide bonds. The lowest BCUT2D eigenvalue weighted by molar-refractivity contribution is -0.144. The predicted molar refractivity (Wildman–Crippen MR) is 162 cm³/mol. The maximum absolute atomic E-state index is 14.2. The van der Waals surface area contributed by atoms with Gasteiger partial charge >= 0.3 is 12.1 Å². The topological polar surface area (TPSA) is 126 Å². The fraction of sp³-hybridized carbons (Fsp3) is 0.548. The summed E-state index contributed by atoms with van der Waals surface area (Å²) in [6.45, 7) is 8.74. The number of methoxy groups -OCH3 is 1. The van der Waals surface area contributed by atoms with E-state index in [4.69, 9.17) is 14.2 Å². The number of rotatable bonds is 10. The first-order valence-corrected chi connectivity index (χ1v) is 16.1. The van der Waals surface area contributed by atoms with Crippen molar-refractivity contribution in [2.45, 2.75) is 50.2 Å². The van der Waals surface area contributed by atoms with Crippen molar-refractivity contribution >= 4 is 22.1 Å². The summed E-state index contributed by atoms with van der Waals surface area (Å²) in [7, 11) is -2.60. The number of hydrogen-bond acceptors (Lipinski definition) is 8. The highest BCUT2D eigenvalue weighted by atomic mass is 32.2. The van der Waals surface area contributed by atoms with Crippen LogP contribution in [0, 0.1) is 5.92 Å². The van der Waals surface area contributed by atoms with Gasteiger partial charge in [0.2, 0.25) is 10.0 Å². The van der Waals surface area contributed by atoms with Crippen LogP contribution in [0.1, 0.15) is 33.6 Å². The standard InChI is InChI=1S/C31H43N3O8S/c1-31(2,3)42-30(37)33-15-13-25(14-16-33)28(29(35)36)34(18-17-32-19-21-41-22-20-32)43(38,39)27-11-7-24(8-12-27)23-5-9-26(40-4)10-6-23/h5-12,25,28H,13-22H2,1-4H3,(H,35,36). The number of carboxylic acid groups (broad SMARTS) is 1. The number of carboxylic acids is 1. The Labute approximate surface area is 254 Å².